The molecule has 3 nitrogen and oxygen atoms in total. The fraction of sp³-hybridized carbons (Fsp3) is 0.417. The zero-order chi connectivity index (χ0) is 14.3. The van der Waals surface area contributed by atoms with Crippen molar-refractivity contribution in [3.8, 4) is 0 Å². The fourth-order valence-corrected chi connectivity index (χ4v) is 1.38. The van der Waals surface area contributed by atoms with E-state index in [4.69, 9.17) is 0 Å². The first-order chi connectivity index (χ1) is 8.90. The van der Waals surface area contributed by atoms with Gasteiger partial charge in [0.15, 0.2) is 5.96 Å². The summed E-state index contributed by atoms with van der Waals surface area (Å²) in [5.41, 5.74) is 0.679. The van der Waals surface area contributed by atoms with Gasteiger partial charge < -0.3 is 10.6 Å². The van der Waals surface area contributed by atoms with Gasteiger partial charge in [0.2, 0.25) is 0 Å². The van der Waals surface area contributed by atoms with Crippen molar-refractivity contribution in [2.24, 2.45) is 4.99 Å². The van der Waals surface area contributed by atoms with E-state index in [-0.39, 0.29) is 24.9 Å². The molecule has 2 N–H and O–H groups in total. The SMILES string of the molecule is CN=C(NCCC(F)(F)F)NCc1cccc(F)c1. The lowest BCUT2D eigenvalue weighted by molar-refractivity contribution is -0.132. The molecule has 0 aliphatic carbocycles. The quantitative estimate of drug-likeness (QED) is 0.504. The maximum absolute atomic E-state index is 12.9. The van der Waals surface area contributed by atoms with Gasteiger partial charge in [-0.05, 0) is 17.7 Å². The maximum atomic E-state index is 12.9. The summed E-state index contributed by atoms with van der Waals surface area (Å²) in [6.45, 7) is 0.0236. The second kappa shape index (κ2) is 6.96. The minimum Gasteiger partial charge on any atom is -0.356 e. The number of rotatable bonds is 4. The second-order valence-corrected chi connectivity index (χ2v) is 3.85. The highest BCUT2D eigenvalue weighted by Crippen LogP contribution is 2.18. The first-order valence-electron chi connectivity index (χ1n) is 5.66. The van der Waals surface area contributed by atoms with E-state index in [1.807, 2.05) is 0 Å². The Morgan fingerprint density at radius 2 is 2.00 bits per heavy atom. The molecular formula is C12H15F4N3. The van der Waals surface area contributed by atoms with E-state index < -0.39 is 12.6 Å². The zero-order valence-corrected chi connectivity index (χ0v) is 10.4. The Balaban J connectivity index is 2.37. The van der Waals surface area contributed by atoms with Crippen molar-refractivity contribution >= 4 is 5.96 Å². The minimum absolute atomic E-state index is 0.244. The third-order valence-corrected chi connectivity index (χ3v) is 2.27. The number of hydrogen-bond acceptors (Lipinski definition) is 1. The van der Waals surface area contributed by atoms with Crippen molar-refractivity contribution in [3.05, 3.63) is 35.6 Å². The van der Waals surface area contributed by atoms with Crippen LogP contribution in [0.1, 0.15) is 12.0 Å². The Morgan fingerprint density at radius 1 is 1.26 bits per heavy atom. The number of alkyl halides is 3. The summed E-state index contributed by atoms with van der Waals surface area (Å²) in [6.07, 6.45) is -5.14. The lowest BCUT2D eigenvalue weighted by atomic mass is 10.2. The van der Waals surface area contributed by atoms with Crippen LogP contribution in [0.5, 0.6) is 0 Å². The molecule has 1 rings (SSSR count). The van der Waals surface area contributed by atoms with Crippen LogP contribution >= 0.6 is 0 Å². The normalized spacial score (nSPS) is 12.4. The molecule has 0 saturated carbocycles. The molecule has 1 aromatic rings. The zero-order valence-electron chi connectivity index (χ0n) is 10.4. The topological polar surface area (TPSA) is 36.4 Å². The molecule has 106 valence electrons. The van der Waals surface area contributed by atoms with Crippen LogP contribution in [0.2, 0.25) is 0 Å². The number of halogens is 4. The summed E-state index contributed by atoms with van der Waals surface area (Å²) in [6, 6.07) is 5.93. The number of benzene rings is 1. The molecule has 0 saturated heterocycles. The van der Waals surface area contributed by atoms with Crippen LogP contribution in [0.25, 0.3) is 0 Å². The van der Waals surface area contributed by atoms with E-state index in [2.05, 4.69) is 15.6 Å². The summed E-state index contributed by atoms with van der Waals surface area (Å²) in [7, 11) is 1.45. The van der Waals surface area contributed by atoms with Gasteiger partial charge in [0.05, 0.1) is 6.42 Å². The van der Waals surface area contributed by atoms with Crippen LogP contribution in [-0.4, -0.2) is 25.7 Å². The summed E-state index contributed by atoms with van der Waals surface area (Å²) in [5, 5.41) is 5.34. The average molecular weight is 277 g/mol. The predicted octanol–water partition coefficient (Wildman–Crippen LogP) is 2.44. The van der Waals surface area contributed by atoms with Crippen molar-refractivity contribution < 1.29 is 17.6 Å². The molecular weight excluding hydrogens is 262 g/mol. The molecule has 0 aliphatic rings. The fourth-order valence-electron chi connectivity index (χ4n) is 1.38. The number of nitrogens with zero attached hydrogens (tertiary/aromatic N) is 1. The van der Waals surface area contributed by atoms with Gasteiger partial charge in [0.1, 0.15) is 5.82 Å². The molecule has 19 heavy (non-hydrogen) atoms. The third kappa shape index (κ3) is 6.64. The Hall–Kier alpha value is -1.79. The number of nitrogens with one attached hydrogen (secondary N) is 2. The van der Waals surface area contributed by atoms with Gasteiger partial charge in [-0.3, -0.25) is 4.99 Å². The number of aliphatic imine (C=N–C) groups is 1. The van der Waals surface area contributed by atoms with E-state index in [1.165, 1.54) is 19.2 Å². The van der Waals surface area contributed by atoms with Gasteiger partial charge in [-0.2, -0.15) is 13.2 Å². The van der Waals surface area contributed by atoms with E-state index in [0.717, 1.165) is 0 Å². The monoisotopic (exact) mass is 277 g/mol. The van der Waals surface area contributed by atoms with E-state index in [1.54, 1.807) is 12.1 Å². The van der Waals surface area contributed by atoms with Gasteiger partial charge >= 0.3 is 6.18 Å². The van der Waals surface area contributed by atoms with Crippen molar-refractivity contribution in [3.63, 3.8) is 0 Å². The van der Waals surface area contributed by atoms with Gasteiger partial charge in [0.25, 0.3) is 0 Å². The molecule has 0 radical (unpaired) electrons. The van der Waals surface area contributed by atoms with Crippen LogP contribution in [0.4, 0.5) is 17.6 Å². The van der Waals surface area contributed by atoms with Gasteiger partial charge in [-0.1, -0.05) is 12.1 Å². The largest absolute Gasteiger partial charge is 0.390 e. The van der Waals surface area contributed by atoms with E-state index in [9.17, 15) is 17.6 Å². The van der Waals surface area contributed by atoms with Gasteiger partial charge in [-0.15, -0.1) is 0 Å². The molecule has 0 aromatic heterocycles. The predicted molar refractivity (Wildman–Crippen MR) is 65.3 cm³/mol. The maximum Gasteiger partial charge on any atom is 0.390 e. The molecule has 0 bridgehead atoms. The van der Waals surface area contributed by atoms with E-state index in [0.29, 0.717) is 5.56 Å². The second-order valence-electron chi connectivity index (χ2n) is 3.85. The summed E-state index contributed by atoms with van der Waals surface area (Å²) in [4.78, 5) is 3.78. The molecule has 0 heterocycles. The highest BCUT2D eigenvalue weighted by atomic mass is 19.4. The van der Waals surface area contributed by atoms with Gasteiger partial charge in [-0.25, -0.2) is 4.39 Å². The van der Waals surface area contributed by atoms with Crippen molar-refractivity contribution in [2.75, 3.05) is 13.6 Å². The average Bonchev–Trinajstić information content (AvgIpc) is 2.32. The Labute approximate surface area is 108 Å². The Morgan fingerprint density at radius 3 is 2.58 bits per heavy atom. The minimum atomic E-state index is -4.20. The first-order valence-corrected chi connectivity index (χ1v) is 5.66. The number of hydrogen-bond donors (Lipinski definition) is 2. The molecule has 0 atom stereocenters. The van der Waals surface area contributed by atoms with Crippen molar-refractivity contribution in [2.45, 2.75) is 19.1 Å². The third-order valence-electron chi connectivity index (χ3n) is 2.27. The van der Waals surface area contributed by atoms with Crippen LogP contribution < -0.4 is 10.6 Å². The molecule has 7 heteroatoms. The Bertz CT molecular complexity index is 429. The Kier molecular flexibility index (Phi) is 5.59. The number of guanidine groups is 1. The molecule has 0 unspecified atom stereocenters. The molecule has 0 spiro atoms. The standard InChI is InChI=1S/C12H15F4N3/c1-17-11(18-6-5-12(14,15)16)19-8-9-3-2-4-10(13)7-9/h2-4,7H,5-6,8H2,1H3,(H2,17,18,19). The molecule has 0 aliphatic heterocycles. The molecule has 1 aromatic carbocycles. The highest BCUT2D eigenvalue weighted by Gasteiger charge is 2.26. The van der Waals surface area contributed by atoms with Crippen molar-refractivity contribution in [1.82, 2.24) is 10.6 Å². The van der Waals surface area contributed by atoms with Crippen LogP contribution in [0, 0.1) is 5.82 Å². The van der Waals surface area contributed by atoms with Crippen LogP contribution in [0.15, 0.2) is 29.3 Å². The van der Waals surface area contributed by atoms with Crippen molar-refractivity contribution in [1.29, 1.82) is 0 Å². The summed E-state index contributed by atoms with van der Waals surface area (Å²) >= 11 is 0. The lowest BCUT2D eigenvalue weighted by Crippen LogP contribution is -2.38. The summed E-state index contributed by atoms with van der Waals surface area (Å²) in [5.74, 6) is -0.118. The molecule has 0 fully saturated rings. The summed E-state index contributed by atoms with van der Waals surface area (Å²) < 4.78 is 48.8. The molecule has 0 amide bonds. The smallest absolute Gasteiger partial charge is 0.356 e. The first kappa shape index (κ1) is 15.3. The van der Waals surface area contributed by atoms with E-state index >= 15 is 0 Å². The highest BCUT2D eigenvalue weighted by molar-refractivity contribution is 5.79. The van der Waals surface area contributed by atoms with Crippen LogP contribution in [0.3, 0.4) is 0 Å². The van der Waals surface area contributed by atoms with Crippen LogP contribution in [-0.2, 0) is 6.54 Å². The van der Waals surface area contributed by atoms with Gasteiger partial charge in [0, 0.05) is 20.1 Å². The lowest BCUT2D eigenvalue weighted by Gasteiger charge is -2.13.